The van der Waals surface area contributed by atoms with Gasteiger partial charge in [0.2, 0.25) is 0 Å². The molecule has 0 unspecified atom stereocenters. The van der Waals surface area contributed by atoms with Gasteiger partial charge in [0.05, 0.1) is 10.0 Å². The van der Waals surface area contributed by atoms with Gasteiger partial charge < -0.3 is 5.32 Å². The van der Waals surface area contributed by atoms with Crippen molar-refractivity contribution < 1.29 is 9.18 Å². The lowest BCUT2D eigenvalue weighted by atomic mass is 9.87. The summed E-state index contributed by atoms with van der Waals surface area (Å²) in [5.41, 5.74) is 2.21. The molecule has 0 radical (unpaired) electrons. The maximum atomic E-state index is 13.4. The van der Waals surface area contributed by atoms with Crippen molar-refractivity contribution >= 4 is 27.5 Å². The summed E-state index contributed by atoms with van der Waals surface area (Å²) < 4.78 is 13.6. The highest BCUT2D eigenvalue weighted by Gasteiger charge is 2.15. The third-order valence-corrected chi connectivity index (χ3v) is 4.01. The highest BCUT2D eigenvalue weighted by molar-refractivity contribution is 9.10. The van der Waals surface area contributed by atoms with Crippen molar-refractivity contribution in [2.24, 2.45) is 0 Å². The number of carbonyl (C=O) groups excluding carboxylic acids is 1. The Bertz CT molecular complexity index is 659. The summed E-state index contributed by atoms with van der Waals surface area (Å²) in [6.45, 7) is 6.39. The Morgan fingerprint density at radius 2 is 1.71 bits per heavy atom. The number of benzene rings is 2. The number of rotatable bonds is 2. The van der Waals surface area contributed by atoms with Gasteiger partial charge in [-0.1, -0.05) is 39.0 Å². The van der Waals surface area contributed by atoms with Crippen molar-refractivity contribution in [3.8, 4) is 0 Å². The van der Waals surface area contributed by atoms with Crippen molar-refractivity contribution in [3.05, 3.63) is 63.9 Å². The second kappa shape index (κ2) is 5.98. The largest absolute Gasteiger partial charge is 0.322 e. The van der Waals surface area contributed by atoms with Gasteiger partial charge in [-0.05, 0) is 51.2 Å². The van der Waals surface area contributed by atoms with Gasteiger partial charge in [-0.3, -0.25) is 4.79 Å². The quantitative estimate of drug-likeness (QED) is 0.799. The standard InChI is InChI=1S/C17H17BrFNO/c1-17(2,3)11-7-9-12(10-8-11)20-16(21)13-5-4-6-14(19)15(13)18/h4-10H,1-3H3,(H,20,21). The van der Waals surface area contributed by atoms with Crippen molar-refractivity contribution in [1.82, 2.24) is 0 Å². The van der Waals surface area contributed by atoms with Crippen LogP contribution in [0.1, 0.15) is 36.7 Å². The molecule has 0 saturated heterocycles. The number of carbonyl (C=O) groups is 1. The zero-order valence-electron chi connectivity index (χ0n) is 12.2. The van der Waals surface area contributed by atoms with E-state index in [9.17, 15) is 9.18 Å². The summed E-state index contributed by atoms with van der Waals surface area (Å²) in [7, 11) is 0. The van der Waals surface area contributed by atoms with Gasteiger partial charge >= 0.3 is 0 Å². The van der Waals surface area contributed by atoms with Gasteiger partial charge in [-0.15, -0.1) is 0 Å². The van der Waals surface area contributed by atoms with E-state index in [1.807, 2.05) is 24.3 Å². The maximum Gasteiger partial charge on any atom is 0.256 e. The molecule has 0 aliphatic heterocycles. The summed E-state index contributed by atoms with van der Waals surface area (Å²) in [4.78, 5) is 12.2. The first kappa shape index (κ1) is 15.7. The van der Waals surface area contributed by atoms with Crippen molar-refractivity contribution in [3.63, 3.8) is 0 Å². The molecule has 0 atom stereocenters. The second-order valence-electron chi connectivity index (χ2n) is 5.88. The Morgan fingerprint density at radius 1 is 1.10 bits per heavy atom. The molecule has 2 nitrogen and oxygen atoms in total. The number of halogens is 2. The van der Waals surface area contributed by atoms with E-state index in [1.54, 1.807) is 6.07 Å². The van der Waals surface area contributed by atoms with E-state index >= 15 is 0 Å². The Kier molecular flexibility index (Phi) is 4.47. The number of amides is 1. The zero-order valence-corrected chi connectivity index (χ0v) is 13.8. The molecule has 0 aliphatic carbocycles. The van der Waals surface area contributed by atoms with E-state index in [2.05, 4.69) is 42.0 Å². The minimum Gasteiger partial charge on any atom is -0.322 e. The molecule has 0 fully saturated rings. The average Bonchev–Trinajstić information content (AvgIpc) is 2.41. The molecule has 2 aromatic rings. The van der Waals surface area contributed by atoms with Crippen LogP contribution in [-0.4, -0.2) is 5.91 Å². The van der Waals surface area contributed by atoms with Gasteiger partial charge in [0, 0.05) is 5.69 Å². The maximum absolute atomic E-state index is 13.4. The lowest BCUT2D eigenvalue weighted by Gasteiger charge is -2.19. The molecule has 0 saturated carbocycles. The van der Waals surface area contributed by atoms with Gasteiger partial charge in [-0.25, -0.2) is 4.39 Å². The molecule has 21 heavy (non-hydrogen) atoms. The van der Waals surface area contributed by atoms with Crippen LogP contribution in [0, 0.1) is 5.82 Å². The van der Waals surface area contributed by atoms with Crippen LogP contribution in [0.5, 0.6) is 0 Å². The van der Waals surface area contributed by atoms with Crippen LogP contribution < -0.4 is 5.32 Å². The van der Waals surface area contributed by atoms with E-state index < -0.39 is 5.82 Å². The molecule has 0 bridgehead atoms. The summed E-state index contributed by atoms with van der Waals surface area (Å²) in [6.07, 6.45) is 0. The van der Waals surface area contributed by atoms with Crippen LogP contribution >= 0.6 is 15.9 Å². The fourth-order valence-corrected chi connectivity index (χ4v) is 2.38. The van der Waals surface area contributed by atoms with Crippen LogP contribution in [0.3, 0.4) is 0 Å². The predicted molar refractivity (Wildman–Crippen MR) is 87.2 cm³/mol. The first-order valence-corrected chi connectivity index (χ1v) is 7.44. The molecule has 1 N–H and O–H groups in total. The van der Waals surface area contributed by atoms with Crippen LogP contribution in [-0.2, 0) is 5.41 Å². The van der Waals surface area contributed by atoms with E-state index in [0.717, 1.165) is 0 Å². The highest BCUT2D eigenvalue weighted by atomic mass is 79.9. The number of hydrogen-bond donors (Lipinski definition) is 1. The van der Waals surface area contributed by atoms with E-state index in [4.69, 9.17) is 0 Å². The van der Waals surface area contributed by atoms with Crippen molar-refractivity contribution in [2.45, 2.75) is 26.2 Å². The molecule has 2 rings (SSSR count). The number of nitrogens with one attached hydrogen (secondary N) is 1. The van der Waals surface area contributed by atoms with Crippen LogP contribution in [0.2, 0.25) is 0 Å². The van der Waals surface area contributed by atoms with Gasteiger partial charge in [0.25, 0.3) is 5.91 Å². The van der Waals surface area contributed by atoms with Gasteiger partial charge in [-0.2, -0.15) is 0 Å². The van der Waals surface area contributed by atoms with Crippen molar-refractivity contribution in [2.75, 3.05) is 5.32 Å². The average molecular weight is 350 g/mol. The Morgan fingerprint density at radius 3 is 2.29 bits per heavy atom. The number of anilines is 1. The van der Waals surface area contributed by atoms with E-state index in [-0.39, 0.29) is 21.4 Å². The molecule has 0 spiro atoms. The normalized spacial score (nSPS) is 11.3. The zero-order chi connectivity index (χ0) is 15.6. The molecule has 0 aliphatic rings. The Balaban J connectivity index is 2.18. The molecule has 0 aromatic heterocycles. The molecular weight excluding hydrogens is 333 g/mol. The molecule has 0 heterocycles. The highest BCUT2D eigenvalue weighted by Crippen LogP contribution is 2.25. The molecule has 1 amide bonds. The minimum absolute atomic E-state index is 0.0636. The topological polar surface area (TPSA) is 29.1 Å². The van der Waals surface area contributed by atoms with Crippen molar-refractivity contribution in [1.29, 1.82) is 0 Å². The van der Waals surface area contributed by atoms with E-state index in [0.29, 0.717) is 5.69 Å². The van der Waals surface area contributed by atoms with E-state index in [1.165, 1.54) is 17.7 Å². The summed E-state index contributed by atoms with van der Waals surface area (Å²) in [6, 6.07) is 12.1. The minimum atomic E-state index is -0.453. The predicted octanol–water partition coefficient (Wildman–Crippen LogP) is 5.14. The fraction of sp³-hybridized carbons (Fsp3) is 0.235. The second-order valence-corrected chi connectivity index (χ2v) is 6.68. The molecule has 4 heteroatoms. The third-order valence-electron chi connectivity index (χ3n) is 3.21. The molecular formula is C17H17BrFNO. The molecule has 110 valence electrons. The Hall–Kier alpha value is -1.68. The fourth-order valence-electron chi connectivity index (χ4n) is 1.93. The van der Waals surface area contributed by atoms with Crippen LogP contribution in [0.25, 0.3) is 0 Å². The van der Waals surface area contributed by atoms with Gasteiger partial charge in [0.15, 0.2) is 0 Å². The summed E-state index contributed by atoms with van der Waals surface area (Å²) in [5.74, 6) is -0.796. The Labute approximate surface area is 132 Å². The van der Waals surface area contributed by atoms with Crippen LogP contribution in [0.4, 0.5) is 10.1 Å². The SMILES string of the molecule is CC(C)(C)c1ccc(NC(=O)c2cccc(F)c2Br)cc1. The summed E-state index contributed by atoms with van der Waals surface area (Å²) >= 11 is 3.10. The molecule has 2 aromatic carbocycles. The first-order valence-electron chi connectivity index (χ1n) is 6.65. The number of hydrogen-bond acceptors (Lipinski definition) is 1. The lowest BCUT2D eigenvalue weighted by molar-refractivity contribution is 0.102. The van der Waals surface area contributed by atoms with Gasteiger partial charge in [0.1, 0.15) is 5.82 Å². The smallest absolute Gasteiger partial charge is 0.256 e. The first-order chi connectivity index (χ1) is 9.79. The monoisotopic (exact) mass is 349 g/mol. The third kappa shape index (κ3) is 3.70. The summed E-state index contributed by atoms with van der Waals surface area (Å²) in [5, 5.41) is 2.77. The van der Waals surface area contributed by atoms with Crippen LogP contribution in [0.15, 0.2) is 46.9 Å². The lowest BCUT2D eigenvalue weighted by Crippen LogP contribution is -2.14.